The van der Waals surface area contributed by atoms with Crippen molar-refractivity contribution in [3.05, 3.63) is 48.9 Å². The Kier molecular flexibility index (Phi) is 3.98. The summed E-state index contributed by atoms with van der Waals surface area (Å²) in [4.78, 5) is 4.16. The Morgan fingerprint density at radius 1 is 1.41 bits per heavy atom. The third kappa shape index (κ3) is 2.77. The van der Waals surface area contributed by atoms with Gasteiger partial charge >= 0.3 is 0 Å². The van der Waals surface area contributed by atoms with Crippen molar-refractivity contribution in [2.24, 2.45) is 0 Å². The van der Waals surface area contributed by atoms with Gasteiger partial charge < -0.3 is 4.57 Å². The SMILES string of the molecule is N#Cc1ccc(F)cc1Cn1cnc(I)c1I. The Morgan fingerprint density at radius 2 is 2.18 bits per heavy atom. The zero-order valence-corrected chi connectivity index (χ0v) is 12.8. The third-order valence-corrected chi connectivity index (χ3v) is 5.21. The topological polar surface area (TPSA) is 41.6 Å². The van der Waals surface area contributed by atoms with E-state index in [1.165, 1.54) is 18.2 Å². The normalized spacial score (nSPS) is 10.2. The predicted octanol–water partition coefficient (Wildman–Crippen LogP) is 3.15. The van der Waals surface area contributed by atoms with Gasteiger partial charge in [0, 0.05) is 0 Å². The van der Waals surface area contributed by atoms with Crippen molar-refractivity contribution in [3.63, 3.8) is 0 Å². The minimum Gasteiger partial charge on any atom is -0.321 e. The largest absolute Gasteiger partial charge is 0.321 e. The monoisotopic (exact) mass is 453 g/mol. The van der Waals surface area contributed by atoms with E-state index in [4.69, 9.17) is 5.26 Å². The van der Waals surface area contributed by atoms with Crippen molar-refractivity contribution in [2.45, 2.75) is 6.54 Å². The molecule has 2 aromatic rings. The van der Waals surface area contributed by atoms with Crippen LogP contribution in [0.5, 0.6) is 0 Å². The fourth-order valence-electron chi connectivity index (χ4n) is 1.44. The Hall–Kier alpha value is -0.690. The smallest absolute Gasteiger partial charge is 0.132 e. The second-order valence-electron chi connectivity index (χ2n) is 3.37. The van der Waals surface area contributed by atoms with Crippen LogP contribution in [0.2, 0.25) is 0 Å². The van der Waals surface area contributed by atoms with Crippen LogP contribution >= 0.6 is 45.2 Å². The molecule has 0 aliphatic heterocycles. The summed E-state index contributed by atoms with van der Waals surface area (Å²) in [6.45, 7) is 0.453. The van der Waals surface area contributed by atoms with E-state index in [2.05, 4.69) is 56.2 Å². The molecule has 0 saturated carbocycles. The van der Waals surface area contributed by atoms with Gasteiger partial charge in [0.2, 0.25) is 0 Å². The molecule has 0 spiro atoms. The quantitative estimate of drug-likeness (QED) is 0.657. The first-order valence-corrected chi connectivity index (χ1v) is 6.82. The molecule has 3 nitrogen and oxygen atoms in total. The minimum atomic E-state index is -0.330. The van der Waals surface area contributed by atoms with Gasteiger partial charge in [-0.1, -0.05) is 0 Å². The van der Waals surface area contributed by atoms with Crippen molar-refractivity contribution in [2.75, 3.05) is 0 Å². The molecule has 0 aliphatic carbocycles. The molecule has 17 heavy (non-hydrogen) atoms. The lowest BCUT2D eigenvalue weighted by Crippen LogP contribution is -2.03. The number of hydrogen-bond acceptors (Lipinski definition) is 2. The molecule has 1 heterocycles. The van der Waals surface area contributed by atoms with Gasteiger partial charge in [0.15, 0.2) is 0 Å². The molecule has 0 N–H and O–H groups in total. The molecule has 0 unspecified atom stereocenters. The fraction of sp³-hybridized carbons (Fsp3) is 0.0909. The molecule has 2 rings (SSSR count). The molecule has 6 heteroatoms. The number of rotatable bonds is 2. The Morgan fingerprint density at radius 3 is 2.76 bits per heavy atom. The first-order valence-electron chi connectivity index (χ1n) is 4.66. The second-order valence-corrected chi connectivity index (χ2v) is 5.41. The predicted molar refractivity (Wildman–Crippen MR) is 77.9 cm³/mol. The van der Waals surface area contributed by atoms with Crippen LogP contribution in [-0.4, -0.2) is 9.55 Å². The third-order valence-electron chi connectivity index (χ3n) is 2.26. The Labute approximate surface area is 125 Å². The van der Waals surface area contributed by atoms with Crippen LogP contribution < -0.4 is 0 Å². The summed E-state index contributed by atoms with van der Waals surface area (Å²) in [7, 11) is 0. The van der Waals surface area contributed by atoms with Gasteiger partial charge in [-0.05, 0) is 68.9 Å². The summed E-state index contributed by atoms with van der Waals surface area (Å²) in [5.74, 6) is -0.330. The number of imidazole rings is 1. The maximum atomic E-state index is 13.2. The maximum Gasteiger partial charge on any atom is 0.132 e. The average Bonchev–Trinajstić information content (AvgIpc) is 2.61. The van der Waals surface area contributed by atoms with Crippen LogP contribution in [0.25, 0.3) is 0 Å². The lowest BCUT2D eigenvalue weighted by Gasteiger charge is -2.06. The molecular formula is C11H6FI2N3. The molecule has 0 bridgehead atoms. The molecule has 0 saturated heterocycles. The van der Waals surface area contributed by atoms with Crippen molar-refractivity contribution in [1.82, 2.24) is 9.55 Å². The van der Waals surface area contributed by atoms with Crippen LogP contribution in [0.3, 0.4) is 0 Å². The van der Waals surface area contributed by atoms with Crippen LogP contribution in [0.1, 0.15) is 11.1 Å². The van der Waals surface area contributed by atoms with E-state index < -0.39 is 0 Å². The highest BCUT2D eigenvalue weighted by atomic mass is 127. The molecule has 86 valence electrons. The van der Waals surface area contributed by atoms with Crippen LogP contribution in [0.15, 0.2) is 24.5 Å². The lowest BCUT2D eigenvalue weighted by molar-refractivity contribution is 0.622. The van der Waals surface area contributed by atoms with Crippen LogP contribution in [0.4, 0.5) is 4.39 Å². The zero-order valence-electron chi connectivity index (χ0n) is 8.49. The van der Waals surface area contributed by atoms with E-state index >= 15 is 0 Å². The Balaban J connectivity index is 2.39. The van der Waals surface area contributed by atoms with E-state index in [9.17, 15) is 4.39 Å². The molecule has 0 fully saturated rings. The summed E-state index contributed by atoms with van der Waals surface area (Å²) < 4.78 is 16.9. The highest BCUT2D eigenvalue weighted by Gasteiger charge is 2.09. The van der Waals surface area contributed by atoms with Crippen molar-refractivity contribution in [1.29, 1.82) is 5.26 Å². The Bertz CT molecular complexity index is 601. The maximum absolute atomic E-state index is 13.2. The van der Waals surface area contributed by atoms with Crippen molar-refractivity contribution in [3.8, 4) is 6.07 Å². The number of nitriles is 1. The fourth-order valence-corrected chi connectivity index (χ4v) is 2.31. The van der Waals surface area contributed by atoms with Gasteiger partial charge in [0.25, 0.3) is 0 Å². The van der Waals surface area contributed by atoms with Crippen LogP contribution in [-0.2, 0) is 6.54 Å². The van der Waals surface area contributed by atoms with E-state index in [0.29, 0.717) is 17.7 Å². The number of nitrogens with zero attached hydrogens (tertiary/aromatic N) is 3. The van der Waals surface area contributed by atoms with E-state index in [1.54, 1.807) is 6.33 Å². The van der Waals surface area contributed by atoms with E-state index in [-0.39, 0.29) is 5.82 Å². The van der Waals surface area contributed by atoms with E-state index in [1.807, 2.05) is 4.57 Å². The van der Waals surface area contributed by atoms with Gasteiger partial charge in [-0.15, -0.1) is 0 Å². The second kappa shape index (κ2) is 5.30. The summed E-state index contributed by atoms with van der Waals surface area (Å²) in [5.41, 5.74) is 1.16. The summed E-state index contributed by atoms with van der Waals surface area (Å²) in [6.07, 6.45) is 1.69. The van der Waals surface area contributed by atoms with Gasteiger partial charge in [0.1, 0.15) is 13.2 Å². The highest BCUT2D eigenvalue weighted by Crippen LogP contribution is 2.17. The standard InChI is InChI=1S/C11H6FI2N3/c12-9-2-1-7(4-15)8(3-9)5-17-6-16-10(13)11(17)14/h1-3,6H,5H2. The zero-order chi connectivity index (χ0) is 12.4. The number of benzene rings is 1. The molecule has 0 amide bonds. The average molecular weight is 453 g/mol. The summed E-state index contributed by atoms with van der Waals surface area (Å²) >= 11 is 4.31. The number of halogens is 3. The van der Waals surface area contributed by atoms with Gasteiger partial charge in [-0.25, -0.2) is 9.37 Å². The van der Waals surface area contributed by atoms with Crippen molar-refractivity contribution < 1.29 is 4.39 Å². The first-order chi connectivity index (χ1) is 8.11. The highest BCUT2D eigenvalue weighted by molar-refractivity contribution is 14.1. The van der Waals surface area contributed by atoms with Gasteiger partial charge in [0.05, 0.1) is 24.5 Å². The molecule has 0 radical (unpaired) electrons. The molecular weight excluding hydrogens is 447 g/mol. The lowest BCUT2D eigenvalue weighted by atomic mass is 10.1. The summed E-state index contributed by atoms with van der Waals surface area (Å²) in [5, 5.41) is 8.96. The van der Waals surface area contributed by atoms with Gasteiger partial charge in [-0.3, -0.25) is 0 Å². The summed E-state index contributed by atoms with van der Waals surface area (Å²) in [6, 6.07) is 6.25. The van der Waals surface area contributed by atoms with Crippen molar-refractivity contribution >= 4 is 45.2 Å². The van der Waals surface area contributed by atoms with E-state index in [0.717, 1.165) is 7.40 Å². The first kappa shape index (κ1) is 12.8. The van der Waals surface area contributed by atoms with Gasteiger partial charge in [-0.2, -0.15) is 5.26 Å². The molecule has 0 aliphatic rings. The molecule has 1 aromatic heterocycles. The number of hydrogen-bond donors (Lipinski definition) is 0. The number of aromatic nitrogens is 2. The molecule has 1 aromatic carbocycles. The van der Waals surface area contributed by atoms with Crippen LogP contribution in [0, 0.1) is 24.5 Å². The minimum absolute atomic E-state index is 0.330. The molecule has 0 atom stereocenters.